The van der Waals surface area contributed by atoms with E-state index in [0.717, 1.165) is 52.0 Å². The fourth-order valence-corrected chi connectivity index (χ4v) is 1.88. The van der Waals surface area contributed by atoms with Crippen LogP contribution in [-0.2, 0) is 9.63 Å². The van der Waals surface area contributed by atoms with Crippen LogP contribution in [-0.4, -0.2) is 60.4 Å². The molecule has 0 unspecified atom stereocenters. The van der Waals surface area contributed by atoms with Crippen LogP contribution in [0.1, 0.15) is 32.6 Å². The second-order valence-electron chi connectivity index (χ2n) is 4.37. The van der Waals surface area contributed by atoms with Gasteiger partial charge in [-0.2, -0.15) is 0 Å². The van der Waals surface area contributed by atoms with Crippen molar-refractivity contribution in [2.24, 2.45) is 0 Å². The minimum absolute atomic E-state index is 0.151. The maximum atomic E-state index is 11.1. The quantitative estimate of drug-likeness (QED) is 0.666. The Kier molecular flexibility index (Phi) is 7.16. The van der Waals surface area contributed by atoms with Gasteiger partial charge in [-0.1, -0.05) is 6.92 Å². The molecule has 0 aromatic rings. The topological polar surface area (TPSA) is 53.0 Å². The van der Waals surface area contributed by atoms with Crippen LogP contribution in [0.3, 0.4) is 0 Å². The van der Waals surface area contributed by atoms with Gasteiger partial charge in [0, 0.05) is 39.2 Å². The van der Waals surface area contributed by atoms with Crippen molar-refractivity contribution >= 4 is 5.97 Å². The van der Waals surface area contributed by atoms with E-state index in [4.69, 9.17) is 9.94 Å². The molecule has 0 spiro atoms. The molecule has 0 bridgehead atoms. The Morgan fingerprint density at radius 3 is 2.47 bits per heavy atom. The van der Waals surface area contributed by atoms with E-state index in [2.05, 4.69) is 4.90 Å². The summed E-state index contributed by atoms with van der Waals surface area (Å²) in [7, 11) is 0. The number of aliphatic hydroxyl groups is 1. The Hall–Kier alpha value is -0.650. The van der Waals surface area contributed by atoms with Gasteiger partial charge in [-0.05, 0) is 25.8 Å². The molecule has 5 nitrogen and oxygen atoms in total. The summed E-state index contributed by atoms with van der Waals surface area (Å²) in [5, 5.41) is 10.4. The molecule has 5 heteroatoms. The highest BCUT2D eigenvalue weighted by Crippen LogP contribution is 2.05. The first-order valence-electron chi connectivity index (χ1n) is 6.55. The summed E-state index contributed by atoms with van der Waals surface area (Å²) in [6.45, 7) is 6.68. The number of nitrogens with zero attached hydrogens (tertiary/aromatic N) is 2. The molecule has 0 aromatic carbocycles. The number of hydroxylamine groups is 2. The molecule has 0 amide bonds. The Morgan fingerprint density at radius 2 is 1.88 bits per heavy atom. The van der Waals surface area contributed by atoms with Crippen LogP contribution in [0.15, 0.2) is 0 Å². The lowest BCUT2D eigenvalue weighted by atomic mass is 10.2. The largest absolute Gasteiger partial charge is 0.396 e. The van der Waals surface area contributed by atoms with Crippen molar-refractivity contribution in [1.29, 1.82) is 0 Å². The third-order valence-corrected chi connectivity index (χ3v) is 2.98. The second kappa shape index (κ2) is 8.44. The molecule has 1 aliphatic rings. The normalized spacial score (nSPS) is 18.2. The molecule has 1 saturated heterocycles. The molecular weight excluding hydrogens is 220 g/mol. The lowest BCUT2D eigenvalue weighted by molar-refractivity contribution is -0.197. The number of aliphatic hydroxyl groups excluding tert-OH is 1. The summed E-state index contributed by atoms with van der Waals surface area (Å²) in [6.07, 6.45) is 3.55. The predicted octanol–water partition coefficient (Wildman–Crippen LogP) is 0.635. The molecule has 17 heavy (non-hydrogen) atoms. The minimum atomic E-state index is -0.151. The smallest absolute Gasteiger partial charge is 0.324 e. The van der Waals surface area contributed by atoms with Crippen LogP contribution < -0.4 is 0 Å². The number of hydrogen-bond acceptors (Lipinski definition) is 5. The molecule has 0 saturated carbocycles. The monoisotopic (exact) mass is 244 g/mol. The van der Waals surface area contributed by atoms with Crippen molar-refractivity contribution in [1.82, 2.24) is 9.96 Å². The highest BCUT2D eigenvalue weighted by atomic mass is 16.7. The zero-order chi connectivity index (χ0) is 12.5. The maximum Gasteiger partial charge on any atom is 0.324 e. The van der Waals surface area contributed by atoms with Gasteiger partial charge < -0.3 is 14.8 Å². The Balaban J connectivity index is 2.07. The Morgan fingerprint density at radius 1 is 1.18 bits per heavy atom. The molecule has 0 aliphatic carbocycles. The first-order chi connectivity index (χ1) is 8.26. The van der Waals surface area contributed by atoms with Crippen molar-refractivity contribution in [2.45, 2.75) is 32.6 Å². The van der Waals surface area contributed by atoms with Gasteiger partial charge in [0.1, 0.15) is 0 Å². The number of carbonyl (C=O) groups excluding carboxylic acids is 1. The molecule has 0 radical (unpaired) electrons. The molecule has 1 N–H and O–H groups in total. The molecule has 0 aromatic heterocycles. The van der Waals surface area contributed by atoms with Crippen LogP contribution in [0.25, 0.3) is 0 Å². The van der Waals surface area contributed by atoms with E-state index in [1.807, 2.05) is 0 Å². The number of carbonyl (C=O) groups is 1. The average Bonchev–Trinajstić information content (AvgIpc) is 2.36. The SMILES string of the molecule is CCC(=O)ON1CCN(CCCCCO)CC1. The molecule has 1 heterocycles. The number of rotatable bonds is 7. The van der Waals surface area contributed by atoms with Crippen molar-refractivity contribution in [3.63, 3.8) is 0 Å². The predicted molar refractivity (Wildman–Crippen MR) is 65.3 cm³/mol. The zero-order valence-corrected chi connectivity index (χ0v) is 10.7. The van der Waals surface area contributed by atoms with Gasteiger partial charge in [0.15, 0.2) is 0 Å². The summed E-state index contributed by atoms with van der Waals surface area (Å²) in [5.41, 5.74) is 0. The Bertz CT molecular complexity index is 216. The fraction of sp³-hybridized carbons (Fsp3) is 0.917. The highest BCUT2D eigenvalue weighted by molar-refractivity contribution is 5.68. The van der Waals surface area contributed by atoms with E-state index in [9.17, 15) is 4.79 Å². The number of piperazine rings is 1. The van der Waals surface area contributed by atoms with Crippen LogP contribution in [0.2, 0.25) is 0 Å². The molecule has 0 atom stereocenters. The van der Waals surface area contributed by atoms with E-state index in [-0.39, 0.29) is 5.97 Å². The van der Waals surface area contributed by atoms with Gasteiger partial charge >= 0.3 is 5.97 Å². The maximum absolute atomic E-state index is 11.1. The summed E-state index contributed by atoms with van der Waals surface area (Å²) >= 11 is 0. The first-order valence-corrected chi connectivity index (χ1v) is 6.55. The van der Waals surface area contributed by atoms with E-state index in [0.29, 0.717) is 13.0 Å². The lowest BCUT2D eigenvalue weighted by Gasteiger charge is -2.33. The van der Waals surface area contributed by atoms with E-state index in [1.54, 1.807) is 12.0 Å². The molecule has 1 fully saturated rings. The summed E-state index contributed by atoms with van der Waals surface area (Å²) in [5.74, 6) is -0.151. The minimum Gasteiger partial charge on any atom is -0.396 e. The van der Waals surface area contributed by atoms with Gasteiger partial charge in [0.25, 0.3) is 0 Å². The molecule has 1 aliphatic heterocycles. The molecule has 1 rings (SSSR count). The standard InChI is InChI=1S/C12H24N2O3/c1-2-12(16)17-14-9-7-13(8-10-14)6-4-3-5-11-15/h15H,2-11H2,1H3. The number of hydrogen-bond donors (Lipinski definition) is 1. The van der Waals surface area contributed by atoms with Crippen molar-refractivity contribution in [3.8, 4) is 0 Å². The van der Waals surface area contributed by atoms with Crippen molar-refractivity contribution in [2.75, 3.05) is 39.3 Å². The van der Waals surface area contributed by atoms with Crippen LogP contribution in [0.4, 0.5) is 0 Å². The van der Waals surface area contributed by atoms with E-state index in [1.165, 1.54) is 0 Å². The first kappa shape index (κ1) is 14.4. The van der Waals surface area contributed by atoms with E-state index >= 15 is 0 Å². The van der Waals surface area contributed by atoms with Gasteiger partial charge in [-0.15, -0.1) is 5.06 Å². The third kappa shape index (κ3) is 6.00. The summed E-state index contributed by atoms with van der Waals surface area (Å²) in [4.78, 5) is 18.7. The lowest BCUT2D eigenvalue weighted by Crippen LogP contribution is -2.47. The third-order valence-electron chi connectivity index (χ3n) is 2.98. The Labute approximate surface area is 103 Å². The van der Waals surface area contributed by atoms with Gasteiger partial charge in [-0.25, -0.2) is 0 Å². The van der Waals surface area contributed by atoms with E-state index < -0.39 is 0 Å². The van der Waals surface area contributed by atoms with Crippen molar-refractivity contribution < 1.29 is 14.7 Å². The average molecular weight is 244 g/mol. The second-order valence-corrected chi connectivity index (χ2v) is 4.37. The zero-order valence-electron chi connectivity index (χ0n) is 10.7. The van der Waals surface area contributed by atoms with Gasteiger partial charge in [0.05, 0.1) is 0 Å². The van der Waals surface area contributed by atoms with Crippen LogP contribution >= 0.6 is 0 Å². The molecular formula is C12H24N2O3. The van der Waals surface area contributed by atoms with Gasteiger partial charge in [-0.3, -0.25) is 4.79 Å². The number of unbranched alkanes of at least 4 members (excludes halogenated alkanes) is 2. The highest BCUT2D eigenvalue weighted by Gasteiger charge is 2.18. The van der Waals surface area contributed by atoms with Crippen LogP contribution in [0.5, 0.6) is 0 Å². The summed E-state index contributed by atoms with van der Waals surface area (Å²) in [6, 6.07) is 0. The van der Waals surface area contributed by atoms with Crippen molar-refractivity contribution in [3.05, 3.63) is 0 Å². The summed E-state index contributed by atoms with van der Waals surface area (Å²) < 4.78 is 0. The molecule has 100 valence electrons. The van der Waals surface area contributed by atoms with Crippen LogP contribution in [0, 0.1) is 0 Å². The fourth-order valence-electron chi connectivity index (χ4n) is 1.88. The van der Waals surface area contributed by atoms with Gasteiger partial charge in [0.2, 0.25) is 0 Å².